The lowest BCUT2D eigenvalue weighted by molar-refractivity contribution is -0.143. The predicted molar refractivity (Wildman–Crippen MR) is 88.9 cm³/mol. The van der Waals surface area contributed by atoms with Gasteiger partial charge in [0.05, 0.1) is 16.9 Å². The van der Waals surface area contributed by atoms with Crippen molar-refractivity contribution < 1.29 is 39.6 Å². The first-order valence-electron chi connectivity index (χ1n) is 8.36. The van der Waals surface area contributed by atoms with Crippen LogP contribution >= 0.6 is 0 Å². The number of anilines is 1. The quantitative estimate of drug-likeness (QED) is 0.694. The van der Waals surface area contributed by atoms with Crippen LogP contribution in [-0.4, -0.2) is 37.5 Å². The summed E-state index contributed by atoms with van der Waals surface area (Å²) in [7, 11) is -3.52. The first kappa shape index (κ1) is 22.5. The minimum atomic E-state index is -5.02. The largest absolute Gasteiger partial charge is 0.416 e. The first-order chi connectivity index (χ1) is 12.8. The van der Waals surface area contributed by atoms with E-state index in [4.69, 9.17) is 0 Å². The Morgan fingerprint density at radius 1 is 0.964 bits per heavy atom. The lowest BCUT2D eigenvalue weighted by Crippen LogP contribution is -2.30. The van der Waals surface area contributed by atoms with Crippen molar-refractivity contribution in [1.29, 1.82) is 0 Å². The van der Waals surface area contributed by atoms with Gasteiger partial charge in [0, 0.05) is 25.2 Å². The Balaban J connectivity index is 2.02. The topological polar surface area (TPSA) is 66.5 Å². The van der Waals surface area contributed by atoms with Crippen molar-refractivity contribution in [2.75, 3.05) is 24.2 Å². The lowest BCUT2D eigenvalue weighted by Gasteiger charge is -2.16. The van der Waals surface area contributed by atoms with Crippen molar-refractivity contribution in [2.24, 2.45) is 0 Å². The zero-order valence-corrected chi connectivity index (χ0v) is 15.3. The van der Waals surface area contributed by atoms with Gasteiger partial charge in [-0.1, -0.05) is 0 Å². The molecule has 5 nitrogen and oxygen atoms in total. The SMILES string of the molecule is O=C(CCCS(=O)(=O)N1CCCC1)Nc1cc(C(F)(F)F)cc(C(F)(F)F)c1. The van der Waals surface area contributed by atoms with E-state index in [0.29, 0.717) is 25.2 Å². The van der Waals surface area contributed by atoms with E-state index in [1.807, 2.05) is 5.32 Å². The van der Waals surface area contributed by atoms with Crippen LogP contribution in [0.15, 0.2) is 18.2 Å². The Kier molecular flexibility index (Phi) is 6.64. The summed E-state index contributed by atoms with van der Waals surface area (Å²) in [6.45, 7) is 0.804. The number of halogens is 6. The molecular weight excluding hydrogens is 414 g/mol. The molecule has 0 aliphatic carbocycles. The maximum absolute atomic E-state index is 12.8. The fourth-order valence-electron chi connectivity index (χ4n) is 2.76. The van der Waals surface area contributed by atoms with Crippen LogP contribution in [0, 0.1) is 0 Å². The molecule has 1 saturated heterocycles. The fourth-order valence-corrected chi connectivity index (χ4v) is 4.34. The highest BCUT2D eigenvalue weighted by Crippen LogP contribution is 2.37. The Bertz CT molecular complexity index is 782. The Labute approximate surface area is 157 Å². The number of rotatable bonds is 6. The van der Waals surface area contributed by atoms with E-state index in [1.165, 1.54) is 4.31 Å². The molecule has 12 heteroatoms. The highest BCUT2D eigenvalue weighted by atomic mass is 32.2. The number of hydrogen-bond acceptors (Lipinski definition) is 3. The Hall–Kier alpha value is -1.82. The molecule has 0 saturated carbocycles. The second-order valence-electron chi connectivity index (χ2n) is 6.37. The molecule has 0 radical (unpaired) electrons. The van der Waals surface area contributed by atoms with Gasteiger partial charge >= 0.3 is 12.4 Å². The van der Waals surface area contributed by atoms with Gasteiger partial charge in [0.2, 0.25) is 15.9 Å². The van der Waals surface area contributed by atoms with Gasteiger partial charge in [-0.25, -0.2) is 12.7 Å². The molecule has 1 aromatic carbocycles. The summed E-state index contributed by atoms with van der Waals surface area (Å²) in [5.41, 5.74) is -3.75. The average molecular weight is 432 g/mol. The molecular formula is C16H18F6N2O3S. The molecule has 0 atom stereocenters. The maximum Gasteiger partial charge on any atom is 0.416 e. The van der Waals surface area contributed by atoms with Crippen molar-refractivity contribution in [1.82, 2.24) is 4.31 Å². The average Bonchev–Trinajstić information content (AvgIpc) is 3.08. The molecule has 158 valence electrons. The normalized spacial score (nSPS) is 16.4. The van der Waals surface area contributed by atoms with Crippen molar-refractivity contribution in [3.63, 3.8) is 0 Å². The van der Waals surface area contributed by atoms with E-state index in [0.717, 1.165) is 12.8 Å². The van der Waals surface area contributed by atoms with Gasteiger partial charge in [-0.15, -0.1) is 0 Å². The molecule has 0 bridgehead atoms. The lowest BCUT2D eigenvalue weighted by atomic mass is 10.1. The van der Waals surface area contributed by atoms with E-state index < -0.39 is 45.1 Å². The molecule has 28 heavy (non-hydrogen) atoms. The predicted octanol–water partition coefficient (Wildman–Crippen LogP) is 3.87. The number of sulfonamides is 1. The molecule has 1 aromatic rings. The number of amides is 1. The Morgan fingerprint density at radius 2 is 1.46 bits per heavy atom. The highest BCUT2D eigenvalue weighted by Gasteiger charge is 2.37. The number of nitrogens with one attached hydrogen (secondary N) is 1. The van der Waals surface area contributed by atoms with Gasteiger partial charge < -0.3 is 5.32 Å². The third-order valence-corrected chi connectivity index (χ3v) is 6.09. The summed E-state index contributed by atoms with van der Waals surface area (Å²) in [6, 6.07) is 0.751. The number of benzene rings is 1. The molecule has 0 aromatic heterocycles. The van der Waals surface area contributed by atoms with Gasteiger partial charge in [-0.05, 0) is 37.5 Å². The molecule has 1 fully saturated rings. The fraction of sp³-hybridized carbons (Fsp3) is 0.562. The number of alkyl halides is 6. The van der Waals surface area contributed by atoms with Gasteiger partial charge in [-0.2, -0.15) is 26.3 Å². The molecule has 1 N–H and O–H groups in total. The van der Waals surface area contributed by atoms with E-state index in [2.05, 4.69) is 0 Å². The second kappa shape index (κ2) is 8.27. The molecule has 0 unspecified atom stereocenters. The monoisotopic (exact) mass is 432 g/mol. The molecule has 0 spiro atoms. The van der Waals surface area contributed by atoms with E-state index in [-0.39, 0.29) is 24.7 Å². The van der Waals surface area contributed by atoms with Gasteiger partial charge in [-0.3, -0.25) is 4.79 Å². The van der Waals surface area contributed by atoms with Crippen molar-refractivity contribution >= 4 is 21.6 Å². The smallest absolute Gasteiger partial charge is 0.326 e. The minimum absolute atomic E-state index is 0.0434. The van der Waals surface area contributed by atoms with Crippen LogP contribution in [0.5, 0.6) is 0 Å². The third kappa shape index (κ3) is 6.09. The Morgan fingerprint density at radius 3 is 1.93 bits per heavy atom. The van der Waals surface area contributed by atoms with Gasteiger partial charge in [0.1, 0.15) is 0 Å². The zero-order chi connectivity index (χ0) is 21.2. The molecule has 1 aliphatic rings. The molecule has 1 aliphatic heterocycles. The van der Waals surface area contributed by atoms with Crippen LogP contribution in [0.3, 0.4) is 0 Å². The van der Waals surface area contributed by atoms with Crippen LogP contribution in [0.2, 0.25) is 0 Å². The van der Waals surface area contributed by atoms with Crippen LogP contribution in [0.1, 0.15) is 36.8 Å². The van der Waals surface area contributed by atoms with Crippen molar-refractivity contribution in [3.8, 4) is 0 Å². The summed E-state index contributed by atoms with van der Waals surface area (Å²) < 4.78 is 102. The summed E-state index contributed by atoms with van der Waals surface area (Å²) in [6.07, 6.45) is -9.01. The zero-order valence-electron chi connectivity index (χ0n) is 14.5. The number of carbonyl (C=O) groups is 1. The molecule has 2 rings (SSSR count). The number of hydrogen-bond donors (Lipinski definition) is 1. The van der Waals surface area contributed by atoms with E-state index in [9.17, 15) is 39.6 Å². The van der Waals surface area contributed by atoms with Gasteiger partial charge in [0.15, 0.2) is 0 Å². The van der Waals surface area contributed by atoms with E-state index >= 15 is 0 Å². The van der Waals surface area contributed by atoms with Crippen LogP contribution in [0.25, 0.3) is 0 Å². The summed E-state index contributed by atoms with van der Waals surface area (Å²) in [4.78, 5) is 11.9. The summed E-state index contributed by atoms with van der Waals surface area (Å²) in [5, 5.41) is 1.98. The highest BCUT2D eigenvalue weighted by molar-refractivity contribution is 7.89. The van der Waals surface area contributed by atoms with Crippen LogP contribution in [-0.2, 0) is 27.2 Å². The third-order valence-electron chi connectivity index (χ3n) is 4.14. The first-order valence-corrected chi connectivity index (χ1v) is 9.97. The van der Waals surface area contributed by atoms with Crippen molar-refractivity contribution in [3.05, 3.63) is 29.3 Å². The standard InChI is InChI=1S/C16H18F6N2O3S/c17-15(18,19)11-8-12(16(20,21)22)10-13(9-11)23-14(25)4-3-7-28(26,27)24-5-1-2-6-24/h8-10H,1-7H2,(H,23,25). The number of nitrogens with zero attached hydrogens (tertiary/aromatic N) is 1. The summed E-state index contributed by atoms with van der Waals surface area (Å²) in [5.74, 6) is -1.19. The van der Waals surface area contributed by atoms with Crippen molar-refractivity contribution in [2.45, 2.75) is 38.0 Å². The number of carbonyl (C=O) groups excluding carboxylic acids is 1. The molecule has 1 amide bonds. The van der Waals surface area contributed by atoms with Crippen LogP contribution < -0.4 is 5.32 Å². The minimum Gasteiger partial charge on any atom is -0.326 e. The second-order valence-corrected chi connectivity index (χ2v) is 8.46. The maximum atomic E-state index is 12.8. The summed E-state index contributed by atoms with van der Waals surface area (Å²) >= 11 is 0. The molecule has 1 heterocycles. The van der Waals surface area contributed by atoms with Crippen LogP contribution in [0.4, 0.5) is 32.0 Å². The van der Waals surface area contributed by atoms with Gasteiger partial charge in [0.25, 0.3) is 0 Å². The van der Waals surface area contributed by atoms with E-state index in [1.54, 1.807) is 0 Å².